The van der Waals surface area contributed by atoms with E-state index in [1.54, 1.807) is 26.5 Å². The maximum Gasteiger partial charge on any atom is 0.159 e. The molecule has 4 aromatic rings. The van der Waals surface area contributed by atoms with Crippen molar-refractivity contribution in [1.29, 1.82) is 0 Å². The molecule has 1 aliphatic carbocycles. The largest absolute Gasteiger partial charge is 0.495 e. The van der Waals surface area contributed by atoms with Gasteiger partial charge in [-0.05, 0) is 55.0 Å². The summed E-state index contributed by atoms with van der Waals surface area (Å²) in [6.45, 7) is 6.43. The van der Waals surface area contributed by atoms with Crippen LogP contribution >= 0.6 is 23.2 Å². The van der Waals surface area contributed by atoms with Crippen molar-refractivity contribution in [3.63, 3.8) is 0 Å². The standard InChI is InChI=1S/C33H34Cl2N4O3/c1-5-23(40)13-21-12-8-9-19(2)32(21)39-28-15-24-22(18-36-28)14-25(38-33(24)37-17-20-10-6-7-11-20)29-30(34)26(41-3)16-27(42-4)31(29)35/h5,8-9,12,14-16,18,20H,1,6-7,10-11,13,17H2,2-4H3,(H,36,39)(H,37,38). The van der Waals surface area contributed by atoms with Crippen LogP contribution in [0.4, 0.5) is 17.3 Å². The first kappa shape index (κ1) is 29.7. The highest BCUT2D eigenvalue weighted by Gasteiger charge is 2.22. The number of fused-ring (bicyclic) bond motifs is 1. The van der Waals surface area contributed by atoms with Crippen molar-refractivity contribution in [3.8, 4) is 22.8 Å². The Labute approximate surface area is 256 Å². The van der Waals surface area contributed by atoms with Gasteiger partial charge in [0.25, 0.3) is 0 Å². The molecule has 218 valence electrons. The fourth-order valence-corrected chi connectivity index (χ4v) is 6.18. The van der Waals surface area contributed by atoms with Crippen molar-refractivity contribution in [3.05, 3.63) is 76.4 Å². The van der Waals surface area contributed by atoms with Crippen LogP contribution in [0.2, 0.25) is 10.0 Å². The van der Waals surface area contributed by atoms with Crippen molar-refractivity contribution in [2.45, 2.75) is 39.0 Å². The minimum absolute atomic E-state index is 0.0447. The average Bonchev–Trinajstić information content (AvgIpc) is 3.52. The number of halogens is 2. The number of rotatable bonds is 11. The van der Waals surface area contributed by atoms with Gasteiger partial charge in [-0.25, -0.2) is 9.97 Å². The summed E-state index contributed by atoms with van der Waals surface area (Å²) in [5.74, 6) is 2.78. The molecule has 7 nitrogen and oxygen atoms in total. The molecule has 1 aliphatic rings. The fraction of sp³-hybridized carbons (Fsp3) is 0.303. The third kappa shape index (κ3) is 6.18. The second-order valence-corrected chi connectivity index (χ2v) is 11.3. The van der Waals surface area contributed by atoms with Crippen LogP contribution in [0.3, 0.4) is 0 Å². The lowest BCUT2D eigenvalue weighted by molar-refractivity contribution is -0.114. The molecule has 2 aromatic carbocycles. The molecule has 1 saturated carbocycles. The van der Waals surface area contributed by atoms with Gasteiger partial charge in [0.1, 0.15) is 23.1 Å². The molecule has 2 N–H and O–H groups in total. The Balaban J connectivity index is 1.61. The molecule has 0 spiro atoms. The molecule has 0 radical (unpaired) electrons. The van der Waals surface area contributed by atoms with Crippen molar-refractivity contribution in [1.82, 2.24) is 9.97 Å². The van der Waals surface area contributed by atoms with Crippen LogP contribution in [0, 0.1) is 12.8 Å². The lowest BCUT2D eigenvalue weighted by Gasteiger charge is -2.18. The number of anilines is 3. The topological polar surface area (TPSA) is 85.4 Å². The molecule has 9 heteroatoms. The van der Waals surface area contributed by atoms with Gasteiger partial charge in [-0.2, -0.15) is 0 Å². The molecular weight excluding hydrogens is 571 g/mol. The van der Waals surface area contributed by atoms with E-state index in [1.807, 2.05) is 37.3 Å². The quantitative estimate of drug-likeness (QED) is 0.166. The summed E-state index contributed by atoms with van der Waals surface area (Å²) in [5.41, 5.74) is 3.85. The number of benzene rings is 2. The highest BCUT2D eigenvalue weighted by molar-refractivity contribution is 6.41. The van der Waals surface area contributed by atoms with E-state index in [0.717, 1.165) is 34.1 Å². The summed E-state index contributed by atoms with van der Waals surface area (Å²) in [6, 6.07) is 11.4. The zero-order valence-corrected chi connectivity index (χ0v) is 25.5. The molecular formula is C33H34Cl2N4O3. The van der Waals surface area contributed by atoms with Gasteiger partial charge in [0.15, 0.2) is 5.78 Å². The van der Waals surface area contributed by atoms with E-state index >= 15 is 0 Å². The number of aromatic nitrogens is 2. The van der Waals surface area contributed by atoms with Gasteiger partial charge in [-0.15, -0.1) is 0 Å². The fourth-order valence-electron chi connectivity index (χ4n) is 5.49. The molecule has 5 rings (SSSR count). The van der Waals surface area contributed by atoms with Crippen LogP contribution in [0.1, 0.15) is 36.8 Å². The van der Waals surface area contributed by atoms with Crippen LogP contribution in [0.15, 0.2) is 55.3 Å². The normalized spacial score (nSPS) is 13.3. The zero-order chi connectivity index (χ0) is 29.8. The SMILES string of the molecule is C=CC(=O)Cc1cccc(C)c1Nc1cc2c(NCC3CCCC3)nc(-c3c(Cl)c(OC)cc(OC)c3Cl)cc2cn1. The van der Waals surface area contributed by atoms with Crippen molar-refractivity contribution >= 4 is 57.1 Å². The minimum atomic E-state index is -0.0447. The van der Waals surface area contributed by atoms with Gasteiger partial charge in [-0.3, -0.25) is 4.79 Å². The molecule has 0 saturated heterocycles. The summed E-state index contributed by atoms with van der Waals surface area (Å²) in [5, 5.41) is 9.53. The monoisotopic (exact) mass is 604 g/mol. The van der Waals surface area contributed by atoms with Crippen LogP contribution in [-0.4, -0.2) is 36.5 Å². The molecule has 2 aromatic heterocycles. The maximum absolute atomic E-state index is 12.2. The Kier molecular flexibility index (Phi) is 9.19. The van der Waals surface area contributed by atoms with Gasteiger partial charge >= 0.3 is 0 Å². The highest BCUT2D eigenvalue weighted by Crippen LogP contribution is 2.46. The second-order valence-electron chi connectivity index (χ2n) is 10.5. The number of carbonyl (C=O) groups is 1. The predicted octanol–water partition coefficient (Wildman–Crippen LogP) is 8.57. The molecule has 0 unspecified atom stereocenters. The summed E-state index contributed by atoms with van der Waals surface area (Å²) in [6.07, 6.45) is 8.30. The van der Waals surface area contributed by atoms with E-state index in [9.17, 15) is 4.79 Å². The number of hydrogen-bond acceptors (Lipinski definition) is 7. The van der Waals surface area contributed by atoms with Gasteiger partial charge in [0.05, 0.1) is 30.0 Å². The Hall–Kier alpha value is -3.81. The smallest absolute Gasteiger partial charge is 0.159 e. The second kappa shape index (κ2) is 13.0. The van der Waals surface area contributed by atoms with Crippen molar-refractivity contribution in [2.24, 2.45) is 5.92 Å². The average molecular weight is 606 g/mol. The van der Waals surface area contributed by atoms with Crippen molar-refractivity contribution < 1.29 is 14.3 Å². The number of hydrogen-bond donors (Lipinski definition) is 2. The number of aryl methyl sites for hydroxylation is 1. The number of nitrogens with one attached hydrogen (secondary N) is 2. The molecule has 2 heterocycles. The molecule has 0 bridgehead atoms. The number of pyridine rings is 2. The number of ether oxygens (including phenoxy) is 2. The van der Waals surface area contributed by atoms with Crippen LogP contribution in [0.25, 0.3) is 22.0 Å². The summed E-state index contributed by atoms with van der Waals surface area (Å²) in [4.78, 5) is 21.9. The minimum Gasteiger partial charge on any atom is -0.495 e. The molecule has 1 fully saturated rings. The van der Waals surface area contributed by atoms with E-state index in [-0.39, 0.29) is 12.2 Å². The van der Waals surface area contributed by atoms with Gasteiger partial charge in [0.2, 0.25) is 0 Å². The van der Waals surface area contributed by atoms with E-state index in [1.165, 1.54) is 31.8 Å². The van der Waals surface area contributed by atoms with Gasteiger partial charge in [0, 0.05) is 47.3 Å². The number of nitrogens with zero attached hydrogens (tertiary/aromatic N) is 2. The Morgan fingerprint density at radius 1 is 1.10 bits per heavy atom. The highest BCUT2D eigenvalue weighted by atomic mass is 35.5. The number of ketones is 1. The first-order valence-corrected chi connectivity index (χ1v) is 14.7. The Morgan fingerprint density at radius 3 is 2.48 bits per heavy atom. The van der Waals surface area contributed by atoms with E-state index < -0.39 is 0 Å². The third-order valence-electron chi connectivity index (χ3n) is 7.78. The third-order valence-corrected chi connectivity index (χ3v) is 8.53. The molecule has 0 atom stereocenters. The van der Waals surface area contributed by atoms with Crippen LogP contribution < -0.4 is 20.1 Å². The van der Waals surface area contributed by atoms with E-state index in [2.05, 4.69) is 17.2 Å². The van der Waals surface area contributed by atoms with Gasteiger partial charge in [-0.1, -0.05) is 60.8 Å². The summed E-state index contributed by atoms with van der Waals surface area (Å²) >= 11 is 13.5. The lowest BCUT2D eigenvalue weighted by atomic mass is 10.0. The Morgan fingerprint density at radius 2 is 1.81 bits per heavy atom. The first-order chi connectivity index (χ1) is 20.3. The maximum atomic E-state index is 12.2. The number of methoxy groups -OCH3 is 2. The first-order valence-electron chi connectivity index (χ1n) is 14.0. The van der Waals surface area contributed by atoms with E-state index in [4.69, 9.17) is 42.6 Å². The molecule has 0 aliphatic heterocycles. The zero-order valence-electron chi connectivity index (χ0n) is 24.0. The number of para-hydroxylation sites is 1. The van der Waals surface area contributed by atoms with Crippen LogP contribution in [0.5, 0.6) is 11.5 Å². The molecule has 0 amide bonds. The van der Waals surface area contributed by atoms with E-state index in [0.29, 0.717) is 50.4 Å². The summed E-state index contributed by atoms with van der Waals surface area (Å²) < 4.78 is 11.0. The number of carbonyl (C=O) groups excluding carboxylic acids is 1. The Bertz CT molecular complexity index is 1620. The van der Waals surface area contributed by atoms with Gasteiger partial charge < -0.3 is 20.1 Å². The molecule has 42 heavy (non-hydrogen) atoms. The van der Waals surface area contributed by atoms with Crippen molar-refractivity contribution in [2.75, 3.05) is 31.4 Å². The summed E-state index contributed by atoms with van der Waals surface area (Å²) in [7, 11) is 3.10. The predicted molar refractivity (Wildman–Crippen MR) is 172 cm³/mol. The number of allylic oxidation sites excluding steroid dienone is 1. The van der Waals surface area contributed by atoms with Crippen LogP contribution in [-0.2, 0) is 11.2 Å². The lowest BCUT2D eigenvalue weighted by Crippen LogP contribution is -2.12.